The number of hydrazone groups is 1. The number of aromatic hydroxyl groups is 1. The molecule has 0 fully saturated rings. The van der Waals surface area contributed by atoms with Crippen LogP contribution in [0, 0.1) is 0 Å². The molecule has 0 bridgehead atoms. The second-order valence-electron chi connectivity index (χ2n) is 8.48. The summed E-state index contributed by atoms with van der Waals surface area (Å²) in [7, 11) is 2.03. The van der Waals surface area contributed by atoms with E-state index in [4.69, 9.17) is 11.6 Å². The monoisotopic (exact) mass is 514 g/mol. The minimum Gasteiger partial charge on any atom is -0.506 e. The lowest BCUT2D eigenvalue weighted by Crippen LogP contribution is -2.28. The van der Waals surface area contributed by atoms with E-state index >= 15 is 0 Å². The predicted molar refractivity (Wildman–Crippen MR) is 149 cm³/mol. The summed E-state index contributed by atoms with van der Waals surface area (Å²) in [6.07, 6.45) is 2.34. The number of benzene rings is 4. The van der Waals surface area contributed by atoms with E-state index in [-0.39, 0.29) is 22.2 Å². The van der Waals surface area contributed by atoms with Crippen LogP contribution in [0.5, 0.6) is 5.75 Å². The van der Waals surface area contributed by atoms with Gasteiger partial charge in [0.05, 0.1) is 11.2 Å². The Morgan fingerprint density at radius 2 is 1.68 bits per heavy atom. The van der Waals surface area contributed by atoms with Crippen LogP contribution in [0.4, 0.5) is 5.69 Å². The van der Waals surface area contributed by atoms with Crippen LogP contribution in [0.3, 0.4) is 0 Å². The van der Waals surface area contributed by atoms with Crippen molar-refractivity contribution in [3.63, 3.8) is 0 Å². The van der Waals surface area contributed by atoms with Crippen molar-refractivity contribution in [1.82, 2.24) is 10.7 Å². The second kappa shape index (κ2) is 12.1. The number of anilines is 1. The largest absolute Gasteiger partial charge is 0.506 e. The molecule has 0 spiro atoms. The average Bonchev–Trinajstić information content (AvgIpc) is 2.92. The molecule has 4 aromatic rings. The minimum absolute atomic E-state index is 0.0831. The SMILES string of the molecule is CN(CCCNC(=O)c1ccc(C=NNC(=O)c2ccc(O)c(Cl)c2)c2ccccc12)c1ccccc1. The summed E-state index contributed by atoms with van der Waals surface area (Å²) in [6.45, 7) is 1.38. The topological polar surface area (TPSA) is 94.0 Å². The fourth-order valence-corrected chi connectivity index (χ4v) is 4.11. The summed E-state index contributed by atoms with van der Waals surface area (Å²) in [5.41, 5.74) is 5.19. The molecule has 0 radical (unpaired) electrons. The van der Waals surface area contributed by atoms with Crippen LogP contribution in [-0.4, -0.2) is 43.3 Å². The molecule has 0 aromatic heterocycles. The molecule has 8 heteroatoms. The van der Waals surface area contributed by atoms with Crippen molar-refractivity contribution in [2.45, 2.75) is 6.42 Å². The summed E-state index contributed by atoms with van der Waals surface area (Å²) < 4.78 is 0. The van der Waals surface area contributed by atoms with Gasteiger partial charge in [-0.25, -0.2) is 5.43 Å². The number of hydrogen-bond donors (Lipinski definition) is 3. The van der Waals surface area contributed by atoms with Crippen LogP contribution < -0.4 is 15.6 Å². The third-order valence-corrected chi connectivity index (χ3v) is 6.24. The van der Waals surface area contributed by atoms with Gasteiger partial charge < -0.3 is 15.3 Å². The van der Waals surface area contributed by atoms with Crippen LogP contribution in [0.25, 0.3) is 10.8 Å². The highest BCUT2D eigenvalue weighted by Gasteiger charge is 2.12. The van der Waals surface area contributed by atoms with Gasteiger partial charge in [-0.2, -0.15) is 5.10 Å². The van der Waals surface area contributed by atoms with Crippen LogP contribution in [0.15, 0.2) is 90.0 Å². The van der Waals surface area contributed by atoms with E-state index in [1.54, 1.807) is 12.1 Å². The molecule has 0 heterocycles. The Morgan fingerprint density at radius 3 is 2.43 bits per heavy atom. The van der Waals surface area contributed by atoms with Crippen molar-refractivity contribution in [2.75, 3.05) is 25.0 Å². The zero-order chi connectivity index (χ0) is 26.2. The summed E-state index contributed by atoms with van der Waals surface area (Å²) in [4.78, 5) is 27.4. The molecule has 0 saturated carbocycles. The number of carbonyl (C=O) groups is 2. The first-order valence-corrected chi connectivity index (χ1v) is 12.2. The normalized spacial score (nSPS) is 11.0. The highest BCUT2D eigenvalue weighted by molar-refractivity contribution is 6.32. The van der Waals surface area contributed by atoms with Crippen LogP contribution >= 0.6 is 11.6 Å². The smallest absolute Gasteiger partial charge is 0.271 e. The molecule has 0 unspecified atom stereocenters. The van der Waals surface area contributed by atoms with Crippen molar-refractivity contribution in [1.29, 1.82) is 0 Å². The molecule has 0 aliphatic carbocycles. The predicted octanol–water partition coefficient (Wildman–Crippen LogP) is 5.22. The Kier molecular flexibility index (Phi) is 8.38. The van der Waals surface area contributed by atoms with Crippen molar-refractivity contribution in [3.05, 3.63) is 107 Å². The van der Waals surface area contributed by atoms with E-state index in [0.29, 0.717) is 12.1 Å². The molecule has 3 N–H and O–H groups in total. The lowest BCUT2D eigenvalue weighted by atomic mass is 9.99. The summed E-state index contributed by atoms with van der Waals surface area (Å²) in [5.74, 6) is -0.701. The van der Waals surface area contributed by atoms with E-state index in [2.05, 4.69) is 32.9 Å². The highest BCUT2D eigenvalue weighted by atomic mass is 35.5. The number of para-hydroxylation sites is 1. The number of phenols is 1. The molecule has 0 aliphatic heterocycles. The maximum Gasteiger partial charge on any atom is 0.271 e. The molecule has 37 heavy (non-hydrogen) atoms. The first kappa shape index (κ1) is 25.7. The standard InChI is InChI=1S/C29H27ClN4O3/c1-34(22-8-3-2-4-9-22)17-7-16-31-29(37)25-14-12-21(23-10-5-6-11-24(23)25)19-32-33-28(36)20-13-15-27(35)26(30)18-20/h2-6,8-15,18-19,35H,7,16-17H2,1H3,(H,31,37)(H,33,36). The molecule has 0 atom stereocenters. The fourth-order valence-electron chi connectivity index (χ4n) is 3.93. The maximum absolute atomic E-state index is 13.0. The number of hydrogen-bond acceptors (Lipinski definition) is 5. The summed E-state index contributed by atoms with van der Waals surface area (Å²) in [5, 5.41) is 18.3. The fraction of sp³-hybridized carbons (Fsp3) is 0.138. The lowest BCUT2D eigenvalue weighted by Gasteiger charge is -2.19. The number of carbonyl (C=O) groups excluding carboxylic acids is 2. The van der Waals surface area contributed by atoms with Crippen molar-refractivity contribution >= 4 is 46.1 Å². The molecule has 0 aliphatic rings. The van der Waals surface area contributed by atoms with Crippen molar-refractivity contribution in [3.8, 4) is 5.75 Å². The summed E-state index contributed by atoms with van der Waals surface area (Å²) in [6, 6.07) is 25.4. The Labute approximate surface area is 220 Å². The Hall–Kier alpha value is -4.36. The van der Waals surface area contributed by atoms with Gasteiger partial charge in [-0.3, -0.25) is 9.59 Å². The van der Waals surface area contributed by atoms with Gasteiger partial charge in [0.15, 0.2) is 0 Å². The number of nitrogens with zero attached hydrogens (tertiary/aromatic N) is 2. The van der Waals surface area contributed by atoms with Crippen LogP contribution in [0.1, 0.15) is 32.7 Å². The molecule has 4 rings (SSSR count). The van der Waals surface area contributed by atoms with E-state index in [1.165, 1.54) is 24.4 Å². The molecular formula is C29H27ClN4O3. The Balaban J connectivity index is 1.39. The second-order valence-corrected chi connectivity index (χ2v) is 8.89. The number of phenolic OH excluding ortho intramolecular Hbond substituents is 1. The van der Waals surface area contributed by atoms with Gasteiger partial charge in [-0.05, 0) is 53.6 Å². The van der Waals surface area contributed by atoms with Gasteiger partial charge in [0.2, 0.25) is 0 Å². The van der Waals surface area contributed by atoms with Crippen LogP contribution in [0.2, 0.25) is 5.02 Å². The Morgan fingerprint density at radius 1 is 0.946 bits per heavy atom. The van der Waals surface area contributed by atoms with E-state index < -0.39 is 5.91 Å². The average molecular weight is 515 g/mol. The number of rotatable bonds is 9. The minimum atomic E-state index is -0.462. The molecule has 188 valence electrons. The first-order valence-electron chi connectivity index (χ1n) is 11.8. The maximum atomic E-state index is 13.0. The van der Waals surface area contributed by atoms with Crippen molar-refractivity contribution < 1.29 is 14.7 Å². The van der Waals surface area contributed by atoms with Gasteiger partial charge >= 0.3 is 0 Å². The number of halogens is 1. The zero-order valence-corrected chi connectivity index (χ0v) is 21.1. The highest BCUT2D eigenvalue weighted by Crippen LogP contribution is 2.24. The number of amides is 2. The van der Waals surface area contributed by atoms with Gasteiger partial charge in [0.1, 0.15) is 5.75 Å². The van der Waals surface area contributed by atoms with Gasteiger partial charge in [0.25, 0.3) is 11.8 Å². The molecule has 0 saturated heterocycles. The lowest BCUT2D eigenvalue weighted by molar-refractivity contribution is 0.0947. The van der Waals surface area contributed by atoms with E-state index in [1.807, 2.05) is 49.5 Å². The van der Waals surface area contributed by atoms with Crippen molar-refractivity contribution in [2.24, 2.45) is 5.10 Å². The molecule has 7 nitrogen and oxygen atoms in total. The first-order chi connectivity index (χ1) is 17.9. The number of fused-ring (bicyclic) bond motifs is 1. The van der Waals surface area contributed by atoms with Gasteiger partial charge in [-0.15, -0.1) is 0 Å². The quantitative estimate of drug-likeness (QED) is 0.162. The third kappa shape index (κ3) is 6.45. The van der Waals surface area contributed by atoms with E-state index in [0.717, 1.165) is 35.0 Å². The third-order valence-electron chi connectivity index (χ3n) is 5.93. The summed E-state index contributed by atoms with van der Waals surface area (Å²) >= 11 is 5.87. The number of nitrogens with one attached hydrogen (secondary N) is 2. The molecule has 4 aromatic carbocycles. The van der Waals surface area contributed by atoms with Gasteiger partial charge in [-0.1, -0.05) is 60.1 Å². The molecule has 2 amide bonds. The molecular weight excluding hydrogens is 488 g/mol. The van der Waals surface area contributed by atoms with Crippen LogP contribution in [-0.2, 0) is 0 Å². The zero-order valence-electron chi connectivity index (χ0n) is 20.3. The van der Waals surface area contributed by atoms with Gasteiger partial charge in [0, 0.05) is 42.5 Å². The Bertz CT molecular complexity index is 1440. The van der Waals surface area contributed by atoms with E-state index in [9.17, 15) is 14.7 Å².